The van der Waals surface area contributed by atoms with Crippen molar-refractivity contribution in [2.75, 3.05) is 31.6 Å². The monoisotopic (exact) mass is 238 g/mol. The van der Waals surface area contributed by atoms with Crippen molar-refractivity contribution in [3.05, 3.63) is 12.3 Å². The van der Waals surface area contributed by atoms with Gasteiger partial charge in [-0.1, -0.05) is 0 Å². The summed E-state index contributed by atoms with van der Waals surface area (Å²) in [4.78, 5) is 2.45. The summed E-state index contributed by atoms with van der Waals surface area (Å²) in [5.41, 5.74) is 0. The maximum atomic E-state index is 5.75. The number of aromatic nitrogens is 2. The van der Waals surface area contributed by atoms with Crippen LogP contribution in [0.25, 0.3) is 0 Å². The predicted octanol–water partition coefficient (Wildman–Crippen LogP) is 0.941. The van der Waals surface area contributed by atoms with E-state index in [9.17, 15) is 0 Å². The second-order valence-corrected chi connectivity index (χ2v) is 4.84. The minimum Gasteiger partial charge on any atom is -0.374 e. The first kappa shape index (κ1) is 12.4. The lowest BCUT2D eigenvalue weighted by Gasteiger charge is -2.35. The highest BCUT2D eigenvalue weighted by molar-refractivity contribution is 5.32. The maximum Gasteiger partial charge on any atom is 0.148 e. The third-order valence-corrected chi connectivity index (χ3v) is 3.12. The van der Waals surface area contributed by atoms with Gasteiger partial charge >= 0.3 is 0 Å². The molecule has 5 nitrogen and oxygen atoms in total. The van der Waals surface area contributed by atoms with Crippen LogP contribution in [0.1, 0.15) is 13.8 Å². The van der Waals surface area contributed by atoms with E-state index in [0.717, 1.165) is 32.1 Å². The third kappa shape index (κ3) is 3.44. The van der Waals surface area contributed by atoms with Gasteiger partial charge in [-0.3, -0.25) is 9.58 Å². The quantitative estimate of drug-likeness (QED) is 0.848. The highest BCUT2D eigenvalue weighted by Crippen LogP contribution is 2.10. The Morgan fingerprint density at radius 3 is 3.06 bits per heavy atom. The highest BCUT2D eigenvalue weighted by atomic mass is 16.5. The molecule has 1 unspecified atom stereocenters. The van der Waals surface area contributed by atoms with Crippen LogP contribution >= 0.6 is 0 Å². The van der Waals surface area contributed by atoms with E-state index in [1.165, 1.54) is 0 Å². The standard InChI is InChI=1S/C12H22N4O/c1-10(2)16-6-7-17-11(9-16)8-13-12-4-5-15(3)14-12/h4-5,10-11H,6-9H2,1-3H3,(H,13,14). The normalized spacial score (nSPS) is 22.0. The first-order chi connectivity index (χ1) is 8.15. The summed E-state index contributed by atoms with van der Waals surface area (Å²) < 4.78 is 7.54. The van der Waals surface area contributed by atoms with Gasteiger partial charge in [-0.15, -0.1) is 0 Å². The van der Waals surface area contributed by atoms with E-state index in [1.807, 2.05) is 19.3 Å². The van der Waals surface area contributed by atoms with Gasteiger partial charge in [-0.2, -0.15) is 5.10 Å². The average Bonchev–Trinajstić information content (AvgIpc) is 2.73. The Balaban J connectivity index is 1.79. The molecule has 0 aliphatic carbocycles. The van der Waals surface area contributed by atoms with Gasteiger partial charge in [0.2, 0.25) is 0 Å². The summed E-state index contributed by atoms with van der Waals surface area (Å²) in [6.07, 6.45) is 2.19. The summed E-state index contributed by atoms with van der Waals surface area (Å²) in [6, 6.07) is 2.57. The molecule has 1 aliphatic heterocycles. The molecule has 0 saturated carbocycles. The summed E-state index contributed by atoms with van der Waals surface area (Å²) in [6.45, 7) is 8.14. The molecule has 17 heavy (non-hydrogen) atoms. The molecule has 1 aliphatic rings. The second kappa shape index (κ2) is 5.51. The van der Waals surface area contributed by atoms with Crippen molar-refractivity contribution in [3.8, 4) is 0 Å². The molecule has 0 radical (unpaired) electrons. The van der Waals surface area contributed by atoms with E-state index >= 15 is 0 Å². The molecule has 96 valence electrons. The molecule has 0 amide bonds. The van der Waals surface area contributed by atoms with Gasteiger partial charge in [0.25, 0.3) is 0 Å². The smallest absolute Gasteiger partial charge is 0.148 e. The molecule has 1 fully saturated rings. The number of morpholine rings is 1. The zero-order valence-electron chi connectivity index (χ0n) is 10.9. The van der Waals surface area contributed by atoms with Gasteiger partial charge in [0.05, 0.1) is 12.7 Å². The molecule has 1 saturated heterocycles. The van der Waals surface area contributed by atoms with Gasteiger partial charge in [-0.05, 0) is 13.8 Å². The summed E-state index contributed by atoms with van der Waals surface area (Å²) >= 11 is 0. The molecule has 2 heterocycles. The van der Waals surface area contributed by atoms with Crippen LogP contribution in [0.5, 0.6) is 0 Å². The molecule has 1 N–H and O–H groups in total. The van der Waals surface area contributed by atoms with Crippen molar-refractivity contribution < 1.29 is 4.74 Å². The fourth-order valence-electron chi connectivity index (χ4n) is 2.06. The number of rotatable bonds is 4. The van der Waals surface area contributed by atoms with Crippen molar-refractivity contribution >= 4 is 5.82 Å². The molecular formula is C12H22N4O. The van der Waals surface area contributed by atoms with Crippen LogP contribution < -0.4 is 5.32 Å². The van der Waals surface area contributed by atoms with E-state index in [1.54, 1.807) is 4.68 Å². The van der Waals surface area contributed by atoms with E-state index < -0.39 is 0 Å². The summed E-state index contributed by atoms with van der Waals surface area (Å²) in [5.74, 6) is 0.915. The lowest BCUT2D eigenvalue weighted by molar-refractivity contribution is -0.0316. The third-order valence-electron chi connectivity index (χ3n) is 3.12. The predicted molar refractivity (Wildman–Crippen MR) is 68.1 cm³/mol. The fraction of sp³-hybridized carbons (Fsp3) is 0.750. The zero-order valence-corrected chi connectivity index (χ0v) is 10.9. The van der Waals surface area contributed by atoms with Crippen molar-refractivity contribution in [1.29, 1.82) is 0 Å². The molecule has 1 atom stereocenters. The molecule has 0 bridgehead atoms. The first-order valence-corrected chi connectivity index (χ1v) is 6.24. The first-order valence-electron chi connectivity index (χ1n) is 6.24. The Hall–Kier alpha value is -1.07. The SMILES string of the molecule is CC(C)N1CCOC(CNc2ccn(C)n2)C1. The molecule has 0 spiro atoms. The minimum atomic E-state index is 0.258. The number of nitrogens with one attached hydrogen (secondary N) is 1. The van der Waals surface area contributed by atoms with Crippen LogP contribution in [0, 0.1) is 0 Å². The second-order valence-electron chi connectivity index (χ2n) is 4.84. The van der Waals surface area contributed by atoms with Crippen LogP contribution in [-0.4, -0.2) is 53.1 Å². The number of hydrogen-bond acceptors (Lipinski definition) is 4. The number of nitrogens with zero attached hydrogens (tertiary/aromatic N) is 3. The molecule has 1 aromatic heterocycles. The highest BCUT2D eigenvalue weighted by Gasteiger charge is 2.21. The molecule has 1 aromatic rings. The van der Waals surface area contributed by atoms with Crippen molar-refractivity contribution in [3.63, 3.8) is 0 Å². The van der Waals surface area contributed by atoms with Gasteiger partial charge in [0.1, 0.15) is 5.82 Å². The van der Waals surface area contributed by atoms with Crippen molar-refractivity contribution in [1.82, 2.24) is 14.7 Å². The summed E-state index contributed by atoms with van der Waals surface area (Å²) in [5, 5.41) is 7.60. The van der Waals surface area contributed by atoms with Crippen molar-refractivity contribution in [2.45, 2.75) is 26.0 Å². The Morgan fingerprint density at radius 2 is 2.41 bits per heavy atom. The Bertz CT molecular complexity index is 350. The van der Waals surface area contributed by atoms with Gasteiger partial charge in [-0.25, -0.2) is 0 Å². The van der Waals surface area contributed by atoms with Crippen LogP contribution in [0.3, 0.4) is 0 Å². The molecule has 0 aromatic carbocycles. The number of anilines is 1. The van der Waals surface area contributed by atoms with E-state index in [4.69, 9.17) is 4.74 Å². The fourth-order valence-corrected chi connectivity index (χ4v) is 2.06. The van der Waals surface area contributed by atoms with E-state index in [2.05, 4.69) is 29.2 Å². The van der Waals surface area contributed by atoms with Crippen LogP contribution in [0.15, 0.2) is 12.3 Å². The Kier molecular flexibility index (Phi) is 4.02. The lowest BCUT2D eigenvalue weighted by atomic mass is 10.2. The van der Waals surface area contributed by atoms with Crippen LogP contribution in [0.2, 0.25) is 0 Å². The average molecular weight is 238 g/mol. The van der Waals surface area contributed by atoms with Gasteiger partial charge < -0.3 is 10.1 Å². The van der Waals surface area contributed by atoms with Crippen LogP contribution in [0.4, 0.5) is 5.82 Å². The van der Waals surface area contributed by atoms with Crippen molar-refractivity contribution in [2.24, 2.45) is 7.05 Å². The number of aryl methyl sites for hydroxylation is 1. The van der Waals surface area contributed by atoms with E-state index in [0.29, 0.717) is 6.04 Å². The molecule has 5 heteroatoms. The zero-order chi connectivity index (χ0) is 12.3. The molecule has 2 rings (SSSR count). The summed E-state index contributed by atoms with van der Waals surface area (Å²) in [7, 11) is 1.92. The number of ether oxygens (including phenoxy) is 1. The maximum absolute atomic E-state index is 5.75. The van der Waals surface area contributed by atoms with Crippen LogP contribution in [-0.2, 0) is 11.8 Å². The van der Waals surface area contributed by atoms with E-state index in [-0.39, 0.29) is 6.10 Å². The Labute approximate surface area is 103 Å². The van der Waals surface area contributed by atoms with Gasteiger partial charge in [0.15, 0.2) is 0 Å². The van der Waals surface area contributed by atoms with Gasteiger partial charge in [0, 0.05) is 45.0 Å². The Morgan fingerprint density at radius 1 is 1.59 bits per heavy atom. The number of hydrogen-bond donors (Lipinski definition) is 1. The largest absolute Gasteiger partial charge is 0.374 e. The lowest BCUT2D eigenvalue weighted by Crippen LogP contribution is -2.48. The topological polar surface area (TPSA) is 42.3 Å². The molecular weight excluding hydrogens is 216 g/mol. The minimum absolute atomic E-state index is 0.258.